The third kappa shape index (κ3) is 2.73. The van der Waals surface area contributed by atoms with E-state index in [0.29, 0.717) is 5.69 Å². The molecule has 0 aliphatic rings. The fourth-order valence-electron chi connectivity index (χ4n) is 1.62. The fourth-order valence-corrected chi connectivity index (χ4v) is 1.62. The number of halogens is 1. The summed E-state index contributed by atoms with van der Waals surface area (Å²) >= 11 is 0. The number of hydrogen-bond donors (Lipinski definition) is 2. The molecular weight excluding hydrogens is 247 g/mol. The first-order chi connectivity index (χ1) is 8.99. The summed E-state index contributed by atoms with van der Waals surface area (Å²) in [5.74, 6) is -1.06. The van der Waals surface area contributed by atoms with Gasteiger partial charge in [0.25, 0.3) is 5.91 Å². The van der Waals surface area contributed by atoms with Gasteiger partial charge in [-0.3, -0.25) is 9.48 Å². The molecule has 0 aliphatic heterocycles. The molecule has 0 fully saturated rings. The molecule has 100 valence electrons. The molecule has 1 amide bonds. The van der Waals surface area contributed by atoms with E-state index in [9.17, 15) is 9.18 Å². The van der Waals surface area contributed by atoms with Gasteiger partial charge in [-0.1, -0.05) is 6.07 Å². The highest BCUT2D eigenvalue weighted by atomic mass is 19.1. The molecule has 2 aromatic rings. The van der Waals surface area contributed by atoms with E-state index in [1.807, 2.05) is 13.8 Å². The molecule has 1 heterocycles. The second kappa shape index (κ2) is 5.09. The third-order valence-corrected chi connectivity index (χ3v) is 2.69. The van der Waals surface area contributed by atoms with E-state index >= 15 is 0 Å². The number of aromatic nitrogens is 2. The van der Waals surface area contributed by atoms with Gasteiger partial charge in [0.1, 0.15) is 5.82 Å². The Hall–Kier alpha value is -2.37. The van der Waals surface area contributed by atoms with Gasteiger partial charge in [-0.15, -0.1) is 0 Å². The Kier molecular flexibility index (Phi) is 3.50. The highest BCUT2D eigenvalue weighted by molar-refractivity contribution is 6.07. The van der Waals surface area contributed by atoms with Crippen LogP contribution in [0.3, 0.4) is 0 Å². The van der Waals surface area contributed by atoms with Gasteiger partial charge >= 0.3 is 0 Å². The maximum absolute atomic E-state index is 13.3. The first kappa shape index (κ1) is 13.1. The van der Waals surface area contributed by atoms with E-state index < -0.39 is 11.7 Å². The smallest absolute Gasteiger partial charge is 0.257 e. The summed E-state index contributed by atoms with van der Waals surface area (Å²) in [6.07, 6.45) is 3.24. The highest BCUT2D eigenvalue weighted by Crippen LogP contribution is 2.18. The van der Waals surface area contributed by atoms with Crippen LogP contribution >= 0.6 is 0 Å². The average molecular weight is 262 g/mol. The molecule has 0 unspecified atom stereocenters. The van der Waals surface area contributed by atoms with Crippen LogP contribution in [0.5, 0.6) is 0 Å². The van der Waals surface area contributed by atoms with Gasteiger partial charge in [-0.05, 0) is 26.0 Å². The second-order valence-electron chi connectivity index (χ2n) is 4.46. The number of hydrogen-bond acceptors (Lipinski definition) is 3. The molecule has 1 aromatic heterocycles. The van der Waals surface area contributed by atoms with E-state index in [2.05, 4.69) is 10.4 Å². The van der Waals surface area contributed by atoms with Crippen molar-refractivity contribution in [2.24, 2.45) is 0 Å². The quantitative estimate of drug-likeness (QED) is 0.834. The Balaban J connectivity index is 2.18. The van der Waals surface area contributed by atoms with Crippen molar-refractivity contribution in [2.75, 3.05) is 11.1 Å². The van der Waals surface area contributed by atoms with E-state index in [1.54, 1.807) is 10.9 Å². The summed E-state index contributed by atoms with van der Waals surface area (Å²) in [5, 5.41) is 6.73. The lowest BCUT2D eigenvalue weighted by Gasteiger charge is -2.06. The van der Waals surface area contributed by atoms with Gasteiger partial charge in [0.15, 0.2) is 0 Å². The predicted molar refractivity (Wildman–Crippen MR) is 71.4 cm³/mol. The van der Waals surface area contributed by atoms with Crippen molar-refractivity contribution in [3.05, 3.63) is 42.0 Å². The van der Waals surface area contributed by atoms with Crippen LogP contribution in [0.15, 0.2) is 30.6 Å². The Labute approximate surface area is 110 Å². The molecule has 0 atom stereocenters. The number of benzene rings is 1. The fraction of sp³-hybridized carbons (Fsp3) is 0.231. The van der Waals surface area contributed by atoms with Crippen molar-refractivity contribution in [3.63, 3.8) is 0 Å². The van der Waals surface area contributed by atoms with Crippen molar-refractivity contribution in [2.45, 2.75) is 19.9 Å². The lowest BCUT2D eigenvalue weighted by atomic mass is 10.1. The molecule has 6 heteroatoms. The van der Waals surface area contributed by atoms with E-state index in [-0.39, 0.29) is 17.3 Å². The number of para-hydroxylation sites is 1. The van der Waals surface area contributed by atoms with Crippen LogP contribution in [-0.4, -0.2) is 15.7 Å². The van der Waals surface area contributed by atoms with Crippen LogP contribution in [0.1, 0.15) is 30.2 Å². The number of amides is 1. The topological polar surface area (TPSA) is 72.9 Å². The number of anilines is 2. The summed E-state index contributed by atoms with van der Waals surface area (Å²) < 4.78 is 15.0. The molecule has 0 aliphatic carbocycles. The minimum Gasteiger partial charge on any atom is -0.396 e. The summed E-state index contributed by atoms with van der Waals surface area (Å²) in [4.78, 5) is 12.0. The Morgan fingerprint density at radius 1 is 1.47 bits per heavy atom. The van der Waals surface area contributed by atoms with Gasteiger partial charge in [0.2, 0.25) is 0 Å². The van der Waals surface area contributed by atoms with E-state index in [0.717, 1.165) is 0 Å². The summed E-state index contributed by atoms with van der Waals surface area (Å²) in [6.45, 7) is 3.95. The zero-order valence-corrected chi connectivity index (χ0v) is 10.7. The van der Waals surface area contributed by atoms with Gasteiger partial charge in [0, 0.05) is 12.2 Å². The third-order valence-electron chi connectivity index (χ3n) is 2.69. The van der Waals surface area contributed by atoms with Crippen molar-refractivity contribution >= 4 is 17.3 Å². The number of rotatable bonds is 3. The monoisotopic (exact) mass is 262 g/mol. The minimum absolute atomic E-state index is 0.109. The minimum atomic E-state index is -0.606. The zero-order valence-electron chi connectivity index (χ0n) is 10.7. The number of nitrogens with zero attached hydrogens (tertiary/aromatic N) is 2. The van der Waals surface area contributed by atoms with Crippen LogP contribution in [0, 0.1) is 5.82 Å². The largest absolute Gasteiger partial charge is 0.396 e. The number of carbonyl (C=O) groups is 1. The van der Waals surface area contributed by atoms with Crippen molar-refractivity contribution in [1.29, 1.82) is 0 Å². The summed E-state index contributed by atoms with van der Waals surface area (Å²) in [5.41, 5.74) is 6.03. The van der Waals surface area contributed by atoms with Gasteiger partial charge in [-0.2, -0.15) is 5.10 Å². The molecular formula is C13H15FN4O. The van der Waals surface area contributed by atoms with E-state index in [4.69, 9.17) is 5.73 Å². The van der Waals surface area contributed by atoms with Crippen molar-refractivity contribution < 1.29 is 9.18 Å². The lowest BCUT2D eigenvalue weighted by Crippen LogP contribution is -2.14. The molecule has 0 saturated heterocycles. The zero-order chi connectivity index (χ0) is 14.0. The molecule has 5 nitrogen and oxygen atoms in total. The summed E-state index contributed by atoms with van der Waals surface area (Å²) in [7, 11) is 0. The van der Waals surface area contributed by atoms with Gasteiger partial charge in [-0.25, -0.2) is 4.39 Å². The van der Waals surface area contributed by atoms with Crippen LogP contribution in [-0.2, 0) is 0 Å². The SMILES string of the molecule is CC(C)n1cc(NC(=O)c2cccc(F)c2N)cn1. The Morgan fingerprint density at radius 2 is 2.21 bits per heavy atom. The van der Waals surface area contributed by atoms with Crippen LogP contribution in [0.2, 0.25) is 0 Å². The first-order valence-corrected chi connectivity index (χ1v) is 5.88. The van der Waals surface area contributed by atoms with Crippen LogP contribution in [0.25, 0.3) is 0 Å². The van der Waals surface area contributed by atoms with Crippen LogP contribution in [0.4, 0.5) is 15.8 Å². The molecule has 0 spiro atoms. The molecule has 2 rings (SSSR count). The standard InChI is InChI=1S/C13H15FN4O/c1-8(2)18-7-9(6-16-18)17-13(19)10-4-3-5-11(14)12(10)15/h3-8H,15H2,1-2H3,(H,17,19). The molecule has 19 heavy (non-hydrogen) atoms. The number of carbonyl (C=O) groups excluding carboxylic acids is 1. The van der Waals surface area contributed by atoms with E-state index in [1.165, 1.54) is 24.4 Å². The van der Waals surface area contributed by atoms with Gasteiger partial charge < -0.3 is 11.1 Å². The maximum atomic E-state index is 13.3. The Morgan fingerprint density at radius 3 is 2.84 bits per heavy atom. The van der Waals surface area contributed by atoms with Crippen LogP contribution < -0.4 is 11.1 Å². The normalized spacial score (nSPS) is 10.7. The first-order valence-electron chi connectivity index (χ1n) is 5.88. The molecule has 1 aromatic carbocycles. The number of nitrogen functional groups attached to an aromatic ring is 1. The lowest BCUT2D eigenvalue weighted by molar-refractivity contribution is 0.102. The van der Waals surface area contributed by atoms with Crippen molar-refractivity contribution in [3.8, 4) is 0 Å². The average Bonchev–Trinajstić information content (AvgIpc) is 2.81. The summed E-state index contributed by atoms with van der Waals surface area (Å²) in [6, 6.07) is 4.33. The molecule has 0 bridgehead atoms. The van der Waals surface area contributed by atoms with Gasteiger partial charge in [0.05, 0.1) is 23.1 Å². The highest BCUT2D eigenvalue weighted by Gasteiger charge is 2.13. The number of nitrogens with two attached hydrogens (primary N) is 1. The number of nitrogens with one attached hydrogen (secondary N) is 1. The van der Waals surface area contributed by atoms with Crippen molar-refractivity contribution in [1.82, 2.24) is 9.78 Å². The maximum Gasteiger partial charge on any atom is 0.257 e. The molecule has 0 saturated carbocycles. The molecule has 0 radical (unpaired) electrons. The molecule has 3 N–H and O–H groups in total. The predicted octanol–water partition coefficient (Wildman–Crippen LogP) is 2.44. The second-order valence-corrected chi connectivity index (χ2v) is 4.46. The Bertz CT molecular complexity index is 606.